The molecular weight excluding hydrogens is 368 g/mol. The number of amides is 2. The first-order chi connectivity index (χ1) is 14.0. The van der Waals surface area contributed by atoms with E-state index in [9.17, 15) is 4.79 Å². The predicted molar refractivity (Wildman–Crippen MR) is 114 cm³/mol. The number of fused-ring (bicyclic) bond motifs is 1. The van der Waals surface area contributed by atoms with Gasteiger partial charge in [-0.25, -0.2) is 4.79 Å². The highest BCUT2D eigenvalue weighted by atomic mass is 16.5. The van der Waals surface area contributed by atoms with Crippen molar-refractivity contribution in [2.24, 2.45) is 0 Å². The highest BCUT2D eigenvalue weighted by molar-refractivity contribution is 5.84. The number of nitrogens with zero attached hydrogens (tertiary/aromatic N) is 1. The van der Waals surface area contributed by atoms with Crippen molar-refractivity contribution in [2.45, 2.75) is 13.1 Å². The molecule has 3 aromatic rings. The number of para-hydroxylation sites is 1. The number of carbonyl (C=O) groups excluding carboxylic acids is 1. The van der Waals surface area contributed by atoms with Crippen LogP contribution in [0.3, 0.4) is 0 Å². The van der Waals surface area contributed by atoms with Crippen LogP contribution in [-0.4, -0.2) is 39.3 Å². The Morgan fingerprint density at radius 1 is 0.931 bits per heavy atom. The minimum Gasteiger partial charge on any atom is -0.497 e. The van der Waals surface area contributed by atoms with Crippen molar-refractivity contribution in [3.8, 4) is 17.2 Å². The molecule has 152 valence electrons. The van der Waals surface area contributed by atoms with Crippen LogP contribution in [0.2, 0.25) is 0 Å². The molecule has 0 radical (unpaired) electrons. The van der Waals surface area contributed by atoms with Gasteiger partial charge in [0.05, 0.1) is 27.9 Å². The Kier molecular flexibility index (Phi) is 6.44. The maximum atomic E-state index is 12.5. The number of nitrogens with one attached hydrogen (secondary N) is 1. The minimum absolute atomic E-state index is 0.162. The van der Waals surface area contributed by atoms with Gasteiger partial charge >= 0.3 is 6.03 Å². The molecule has 0 unspecified atom stereocenters. The molecule has 6 heteroatoms. The van der Waals surface area contributed by atoms with Gasteiger partial charge in [0.25, 0.3) is 0 Å². The van der Waals surface area contributed by atoms with Gasteiger partial charge in [0.2, 0.25) is 0 Å². The van der Waals surface area contributed by atoms with E-state index in [1.54, 1.807) is 33.3 Å². The zero-order valence-electron chi connectivity index (χ0n) is 17.2. The van der Waals surface area contributed by atoms with Gasteiger partial charge in [-0.05, 0) is 40.6 Å². The van der Waals surface area contributed by atoms with E-state index in [0.29, 0.717) is 24.6 Å². The van der Waals surface area contributed by atoms with Crippen LogP contribution < -0.4 is 19.5 Å². The average Bonchev–Trinajstić information content (AvgIpc) is 2.76. The Morgan fingerprint density at radius 2 is 1.69 bits per heavy atom. The number of hydrogen-bond acceptors (Lipinski definition) is 4. The molecule has 0 bridgehead atoms. The number of ether oxygens (including phenoxy) is 3. The third kappa shape index (κ3) is 4.71. The molecule has 0 saturated heterocycles. The molecular formula is C23H26N2O4. The summed E-state index contributed by atoms with van der Waals surface area (Å²) in [7, 11) is 6.60. The van der Waals surface area contributed by atoms with Crippen LogP contribution >= 0.6 is 0 Å². The molecule has 0 heterocycles. The first kappa shape index (κ1) is 20.3. The van der Waals surface area contributed by atoms with E-state index in [0.717, 1.165) is 27.6 Å². The van der Waals surface area contributed by atoms with E-state index >= 15 is 0 Å². The average molecular weight is 394 g/mol. The molecule has 0 aliphatic heterocycles. The summed E-state index contributed by atoms with van der Waals surface area (Å²) in [5.41, 5.74) is 1.91. The van der Waals surface area contributed by atoms with Gasteiger partial charge in [0.1, 0.15) is 5.75 Å². The maximum Gasteiger partial charge on any atom is 0.317 e. The quantitative estimate of drug-likeness (QED) is 0.652. The fourth-order valence-corrected chi connectivity index (χ4v) is 3.23. The van der Waals surface area contributed by atoms with E-state index in [1.807, 2.05) is 48.5 Å². The normalized spacial score (nSPS) is 10.5. The lowest BCUT2D eigenvalue weighted by Gasteiger charge is -2.20. The van der Waals surface area contributed by atoms with Gasteiger partial charge in [-0.2, -0.15) is 0 Å². The molecule has 0 aliphatic rings. The number of benzene rings is 3. The van der Waals surface area contributed by atoms with Crippen molar-refractivity contribution in [1.82, 2.24) is 10.2 Å². The van der Waals surface area contributed by atoms with E-state index < -0.39 is 0 Å². The summed E-state index contributed by atoms with van der Waals surface area (Å²) in [6, 6.07) is 17.5. The molecule has 0 saturated carbocycles. The van der Waals surface area contributed by atoms with Crippen LogP contribution in [0.25, 0.3) is 10.8 Å². The monoisotopic (exact) mass is 394 g/mol. The number of carbonyl (C=O) groups is 1. The molecule has 6 nitrogen and oxygen atoms in total. The van der Waals surface area contributed by atoms with Gasteiger partial charge in [0.15, 0.2) is 11.5 Å². The minimum atomic E-state index is -0.162. The predicted octanol–water partition coefficient (Wildman–Crippen LogP) is 4.21. The lowest BCUT2D eigenvalue weighted by atomic mass is 10.1. The van der Waals surface area contributed by atoms with Crippen molar-refractivity contribution in [3.63, 3.8) is 0 Å². The lowest BCUT2D eigenvalue weighted by molar-refractivity contribution is 0.205. The van der Waals surface area contributed by atoms with Crippen molar-refractivity contribution in [2.75, 3.05) is 28.4 Å². The molecule has 29 heavy (non-hydrogen) atoms. The van der Waals surface area contributed by atoms with Gasteiger partial charge in [-0.15, -0.1) is 0 Å². The van der Waals surface area contributed by atoms with Crippen molar-refractivity contribution < 1.29 is 19.0 Å². The van der Waals surface area contributed by atoms with Crippen LogP contribution in [0.5, 0.6) is 17.2 Å². The zero-order valence-corrected chi connectivity index (χ0v) is 17.2. The summed E-state index contributed by atoms with van der Waals surface area (Å²) in [4.78, 5) is 14.2. The second-order valence-corrected chi connectivity index (χ2v) is 6.71. The van der Waals surface area contributed by atoms with Gasteiger partial charge in [-0.1, -0.05) is 30.3 Å². The maximum absolute atomic E-state index is 12.5. The lowest BCUT2D eigenvalue weighted by Crippen LogP contribution is -2.36. The first-order valence-electron chi connectivity index (χ1n) is 9.31. The highest BCUT2D eigenvalue weighted by Crippen LogP contribution is 2.31. The molecule has 0 atom stereocenters. The first-order valence-corrected chi connectivity index (χ1v) is 9.31. The van der Waals surface area contributed by atoms with Gasteiger partial charge in [-0.3, -0.25) is 0 Å². The molecule has 0 fully saturated rings. The topological polar surface area (TPSA) is 60.0 Å². The van der Waals surface area contributed by atoms with E-state index in [1.165, 1.54) is 0 Å². The SMILES string of the molecule is COc1ccc2cc(CNC(=O)N(C)Cc3cccc(OC)c3OC)ccc2c1. The number of methoxy groups -OCH3 is 3. The molecule has 0 aromatic heterocycles. The van der Waals surface area contributed by atoms with Gasteiger partial charge in [0, 0.05) is 19.2 Å². The third-order valence-electron chi connectivity index (χ3n) is 4.79. The molecule has 1 N–H and O–H groups in total. The Bertz CT molecular complexity index is 1000. The second-order valence-electron chi connectivity index (χ2n) is 6.71. The largest absolute Gasteiger partial charge is 0.497 e. The van der Waals surface area contributed by atoms with E-state index in [4.69, 9.17) is 14.2 Å². The Morgan fingerprint density at radius 3 is 2.41 bits per heavy atom. The molecule has 3 rings (SSSR count). The smallest absolute Gasteiger partial charge is 0.317 e. The summed E-state index contributed by atoms with van der Waals surface area (Å²) in [5, 5.41) is 5.17. The molecule has 0 spiro atoms. The van der Waals surface area contributed by atoms with Crippen LogP contribution in [-0.2, 0) is 13.1 Å². The fraction of sp³-hybridized carbons (Fsp3) is 0.261. The summed E-state index contributed by atoms with van der Waals surface area (Å²) in [5.74, 6) is 2.11. The Balaban J connectivity index is 1.64. The fourth-order valence-electron chi connectivity index (χ4n) is 3.23. The number of urea groups is 1. The van der Waals surface area contributed by atoms with E-state index in [-0.39, 0.29) is 6.03 Å². The van der Waals surface area contributed by atoms with Crippen LogP contribution in [0.4, 0.5) is 4.79 Å². The molecule has 3 aromatic carbocycles. The molecule has 2 amide bonds. The van der Waals surface area contributed by atoms with Crippen LogP contribution in [0, 0.1) is 0 Å². The third-order valence-corrected chi connectivity index (χ3v) is 4.79. The van der Waals surface area contributed by atoms with Crippen LogP contribution in [0.1, 0.15) is 11.1 Å². The summed E-state index contributed by atoms with van der Waals surface area (Å²) < 4.78 is 16.0. The number of hydrogen-bond donors (Lipinski definition) is 1. The van der Waals surface area contributed by atoms with Crippen molar-refractivity contribution >= 4 is 16.8 Å². The Labute approximate surface area is 171 Å². The summed E-state index contributed by atoms with van der Waals surface area (Å²) >= 11 is 0. The van der Waals surface area contributed by atoms with Gasteiger partial charge < -0.3 is 24.4 Å². The zero-order chi connectivity index (χ0) is 20.8. The number of rotatable bonds is 7. The highest BCUT2D eigenvalue weighted by Gasteiger charge is 2.14. The second kappa shape index (κ2) is 9.19. The van der Waals surface area contributed by atoms with Crippen molar-refractivity contribution in [1.29, 1.82) is 0 Å². The summed E-state index contributed by atoms with van der Waals surface area (Å²) in [6.45, 7) is 0.851. The summed E-state index contributed by atoms with van der Waals surface area (Å²) in [6.07, 6.45) is 0. The standard InChI is InChI=1S/C23H26N2O4/c1-25(15-19-6-5-7-21(28-3)22(19)29-4)23(26)24-14-16-8-9-18-13-20(27-2)11-10-17(18)12-16/h5-13H,14-15H2,1-4H3,(H,24,26). The molecule has 0 aliphatic carbocycles. The van der Waals surface area contributed by atoms with E-state index in [2.05, 4.69) is 11.4 Å². The Hall–Kier alpha value is -3.41. The van der Waals surface area contributed by atoms with Crippen molar-refractivity contribution in [3.05, 3.63) is 65.7 Å². The van der Waals surface area contributed by atoms with Crippen LogP contribution in [0.15, 0.2) is 54.6 Å².